The fraction of sp³-hybridized carbons (Fsp3) is 0.0909. The van der Waals surface area contributed by atoms with Gasteiger partial charge in [-0.15, -0.1) is 0 Å². The molecule has 4 nitrogen and oxygen atoms in total. The third-order valence-corrected chi connectivity index (χ3v) is 5.21. The Morgan fingerprint density at radius 3 is 2.39 bits per heavy atom. The molecule has 0 radical (unpaired) electrons. The summed E-state index contributed by atoms with van der Waals surface area (Å²) in [5.41, 5.74) is 3.12. The van der Waals surface area contributed by atoms with Crippen LogP contribution in [0.3, 0.4) is 0 Å². The highest BCUT2D eigenvalue weighted by atomic mass is 79.9. The van der Waals surface area contributed by atoms with Gasteiger partial charge in [0.15, 0.2) is 5.82 Å². The minimum absolute atomic E-state index is 0.227. The molecule has 0 unspecified atom stereocenters. The van der Waals surface area contributed by atoms with Crippen molar-refractivity contribution in [3.05, 3.63) is 94.0 Å². The van der Waals surface area contributed by atoms with Gasteiger partial charge < -0.3 is 5.32 Å². The molecule has 0 saturated carbocycles. The zero-order valence-corrected chi connectivity index (χ0v) is 16.5. The summed E-state index contributed by atoms with van der Waals surface area (Å²) in [5, 5.41) is 8.40. The maximum atomic E-state index is 12.7. The Bertz CT molecular complexity index is 1140. The highest BCUT2D eigenvalue weighted by Gasteiger charge is 2.15. The number of anilines is 1. The molecule has 0 bridgehead atoms. The van der Waals surface area contributed by atoms with Crippen molar-refractivity contribution < 1.29 is 9.18 Å². The van der Waals surface area contributed by atoms with Crippen LogP contribution >= 0.6 is 15.9 Å². The van der Waals surface area contributed by atoms with Crippen LogP contribution in [0.25, 0.3) is 10.9 Å². The van der Waals surface area contributed by atoms with Crippen molar-refractivity contribution in [3.63, 3.8) is 0 Å². The fourth-order valence-electron chi connectivity index (χ4n) is 3.07. The van der Waals surface area contributed by atoms with E-state index in [9.17, 15) is 9.18 Å². The Morgan fingerprint density at radius 1 is 0.964 bits per heavy atom. The third-order valence-electron chi connectivity index (χ3n) is 4.52. The van der Waals surface area contributed by atoms with Crippen molar-refractivity contribution in [2.75, 3.05) is 5.32 Å². The van der Waals surface area contributed by atoms with Crippen LogP contribution < -0.4 is 5.32 Å². The van der Waals surface area contributed by atoms with Crippen LogP contribution in [0.5, 0.6) is 0 Å². The number of hydrogen-bond acceptors (Lipinski definition) is 2. The number of halogens is 2. The Hall–Kier alpha value is -2.99. The number of rotatable bonds is 5. The summed E-state index contributed by atoms with van der Waals surface area (Å²) in [4.78, 5) is 12.7. The molecule has 28 heavy (non-hydrogen) atoms. The van der Waals surface area contributed by atoms with Gasteiger partial charge in [-0.05, 0) is 51.3 Å². The molecule has 0 atom stereocenters. The summed E-state index contributed by atoms with van der Waals surface area (Å²) in [6.07, 6.45) is 0. The molecule has 0 aliphatic rings. The van der Waals surface area contributed by atoms with Crippen molar-refractivity contribution in [2.45, 2.75) is 13.2 Å². The molecule has 1 amide bonds. The van der Waals surface area contributed by atoms with Gasteiger partial charge >= 0.3 is 0 Å². The first kappa shape index (κ1) is 18.4. The van der Waals surface area contributed by atoms with E-state index in [0.717, 1.165) is 20.9 Å². The van der Waals surface area contributed by atoms with Gasteiger partial charge in [0.1, 0.15) is 6.67 Å². The second-order valence-corrected chi connectivity index (χ2v) is 7.26. The van der Waals surface area contributed by atoms with E-state index in [2.05, 4.69) is 26.3 Å². The molecule has 4 rings (SSSR count). The zero-order valence-electron chi connectivity index (χ0n) is 14.9. The van der Waals surface area contributed by atoms with E-state index >= 15 is 0 Å². The van der Waals surface area contributed by atoms with Crippen LogP contribution in [0.15, 0.2) is 77.3 Å². The van der Waals surface area contributed by atoms with E-state index < -0.39 is 6.67 Å². The van der Waals surface area contributed by atoms with Crippen LogP contribution in [0, 0.1) is 0 Å². The van der Waals surface area contributed by atoms with Crippen molar-refractivity contribution in [2.24, 2.45) is 0 Å². The molecule has 6 heteroatoms. The molecule has 4 aromatic rings. The number of fused-ring (bicyclic) bond motifs is 1. The van der Waals surface area contributed by atoms with Gasteiger partial charge in [0, 0.05) is 9.86 Å². The van der Waals surface area contributed by atoms with Crippen LogP contribution in [0.4, 0.5) is 10.2 Å². The summed E-state index contributed by atoms with van der Waals surface area (Å²) in [6, 6.07) is 22.3. The number of amides is 1. The van der Waals surface area contributed by atoms with Gasteiger partial charge in [0.25, 0.3) is 5.91 Å². The summed E-state index contributed by atoms with van der Waals surface area (Å²) in [5.74, 6) is 0.284. The summed E-state index contributed by atoms with van der Waals surface area (Å²) < 4.78 is 15.3. The summed E-state index contributed by atoms with van der Waals surface area (Å²) in [6.45, 7) is 0.0498. The Balaban J connectivity index is 1.66. The van der Waals surface area contributed by atoms with Gasteiger partial charge in [0.2, 0.25) is 0 Å². The van der Waals surface area contributed by atoms with Crippen LogP contribution in [0.1, 0.15) is 21.5 Å². The lowest BCUT2D eigenvalue weighted by Gasteiger charge is -2.05. The van der Waals surface area contributed by atoms with Gasteiger partial charge in [0.05, 0.1) is 17.6 Å². The van der Waals surface area contributed by atoms with Gasteiger partial charge in [-0.1, -0.05) is 48.5 Å². The second-order valence-electron chi connectivity index (χ2n) is 6.41. The normalized spacial score (nSPS) is 10.9. The molecule has 1 aromatic heterocycles. The standard InChI is InChI=1S/C22H17BrFN3O/c23-19-7-3-1-5-17(19)22(28)25-21-18-6-2-4-8-20(18)27(26-21)14-16-11-9-15(13-24)10-12-16/h1-12H,13-14H2,(H,25,26,28). The molecule has 3 aromatic carbocycles. The molecule has 140 valence electrons. The molecular weight excluding hydrogens is 421 g/mol. The van der Waals surface area contributed by atoms with E-state index in [1.54, 1.807) is 18.2 Å². The number of nitrogens with one attached hydrogen (secondary N) is 1. The number of nitrogens with zero attached hydrogens (tertiary/aromatic N) is 2. The fourth-order valence-corrected chi connectivity index (χ4v) is 3.53. The minimum atomic E-state index is -0.476. The van der Waals surface area contributed by atoms with Crippen molar-refractivity contribution >= 4 is 38.6 Å². The molecule has 1 heterocycles. The van der Waals surface area contributed by atoms with E-state index in [0.29, 0.717) is 23.5 Å². The number of carbonyl (C=O) groups is 1. The number of alkyl halides is 1. The first-order chi connectivity index (χ1) is 13.7. The lowest BCUT2D eigenvalue weighted by molar-refractivity contribution is 0.102. The number of aromatic nitrogens is 2. The van der Waals surface area contributed by atoms with Crippen LogP contribution in [-0.4, -0.2) is 15.7 Å². The van der Waals surface area contributed by atoms with Crippen molar-refractivity contribution in [1.82, 2.24) is 9.78 Å². The zero-order chi connectivity index (χ0) is 19.5. The number of para-hydroxylation sites is 1. The predicted molar refractivity (Wildman–Crippen MR) is 112 cm³/mol. The highest BCUT2D eigenvalue weighted by molar-refractivity contribution is 9.10. The third kappa shape index (κ3) is 3.68. The molecule has 0 aliphatic heterocycles. The average molecular weight is 438 g/mol. The van der Waals surface area contributed by atoms with Gasteiger partial charge in [-0.3, -0.25) is 9.48 Å². The van der Waals surface area contributed by atoms with Crippen LogP contribution in [-0.2, 0) is 13.2 Å². The number of benzene rings is 3. The molecule has 0 fully saturated rings. The second kappa shape index (κ2) is 7.94. The quantitative estimate of drug-likeness (QED) is 0.443. The molecular formula is C22H17BrFN3O. The first-order valence-corrected chi connectivity index (χ1v) is 9.60. The predicted octanol–water partition coefficient (Wildman–Crippen LogP) is 5.57. The maximum absolute atomic E-state index is 12.7. The molecule has 1 N–H and O–H groups in total. The molecule has 0 spiro atoms. The van der Waals surface area contributed by atoms with Gasteiger partial charge in [-0.25, -0.2) is 4.39 Å². The number of carbonyl (C=O) groups excluding carboxylic acids is 1. The monoisotopic (exact) mass is 437 g/mol. The topological polar surface area (TPSA) is 46.9 Å². The van der Waals surface area contributed by atoms with Crippen molar-refractivity contribution in [1.29, 1.82) is 0 Å². The summed E-state index contributed by atoms with van der Waals surface area (Å²) >= 11 is 3.41. The van der Waals surface area contributed by atoms with Crippen LogP contribution in [0.2, 0.25) is 0 Å². The van der Waals surface area contributed by atoms with E-state index in [1.165, 1.54) is 0 Å². The van der Waals surface area contributed by atoms with Gasteiger partial charge in [-0.2, -0.15) is 5.10 Å². The van der Waals surface area contributed by atoms with E-state index in [-0.39, 0.29) is 5.91 Å². The SMILES string of the molecule is O=C(Nc1nn(Cc2ccc(CF)cc2)c2ccccc12)c1ccccc1Br. The Morgan fingerprint density at radius 2 is 1.64 bits per heavy atom. The summed E-state index contributed by atoms with van der Waals surface area (Å²) in [7, 11) is 0. The van der Waals surface area contributed by atoms with E-state index in [4.69, 9.17) is 0 Å². The van der Waals surface area contributed by atoms with E-state index in [1.807, 2.05) is 59.3 Å². The highest BCUT2D eigenvalue weighted by Crippen LogP contribution is 2.25. The largest absolute Gasteiger partial charge is 0.305 e. The number of hydrogen-bond donors (Lipinski definition) is 1. The molecule has 0 saturated heterocycles. The average Bonchev–Trinajstić information content (AvgIpc) is 3.06. The maximum Gasteiger partial charge on any atom is 0.258 e. The Kier molecular flexibility index (Phi) is 5.21. The lowest BCUT2D eigenvalue weighted by Crippen LogP contribution is -2.13. The minimum Gasteiger partial charge on any atom is -0.305 e. The lowest BCUT2D eigenvalue weighted by atomic mass is 10.1. The van der Waals surface area contributed by atoms with Crippen molar-refractivity contribution in [3.8, 4) is 0 Å². The molecule has 0 aliphatic carbocycles. The smallest absolute Gasteiger partial charge is 0.258 e. The Labute approximate surface area is 170 Å². The first-order valence-electron chi connectivity index (χ1n) is 8.81.